The molecule has 0 aliphatic rings. The lowest BCUT2D eigenvalue weighted by molar-refractivity contribution is 0.355. The summed E-state index contributed by atoms with van der Waals surface area (Å²) in [5, 5.41) is 0. The van der Waals surface area contributed by atoms with Crippen LogP contribution >= 0.6 is 0 Å². The molecular weight excluding hydrogens is 649 g/mol. The third-order valence-corrected chi connectivity index (χ3v) is 1.29. The van der Waals surface area contributed by atoms with E-state index in [9.17, 15) is 104 Å². The van der Waals surface area contributed by atoms with Gasteiger partial charge in [-0.3, -0.25) is 0 Å². The van der Waals surface area contributed by atoms with Gasteiger partial charge < -0.3 is 113 Å². The fourth-order valence-electron chi connectivity index (χ4n) is 0.787. The highest BCUT2D eigenvalue weighted by Crippen LogP contribution is 2.24. The highest BCUT2D eigenvalue weighted by molar-refractivity contribution is 6.51. The molecule has 1 aromatic carbocycles. The second kappa shape index (κ2) is 22.2. The molecule has 0 bridgehead atoms. The van der Waals surface area contributed by atoms with Gasteiger partial charge in [-0.15, -0.1) is 0 Å². The van der Waals surface area contributed by atoms with Crippen molar-refractivity contribution in [3.05, 3.63) is 24.3 Å². The van der Waals surface area contributed by atoms with Crippen LogP contribution in [0.3, 0.4) is 0 Å². The SMILES string of the molecule is COc1ccccc1OC.F[B-](F)(F)F.F[B-](F)(F)F.F[B-](F)(F)F.F[B-](F)(F)F.F[B-](F)(F)F.F[B-](F)(F)F. The zero-order chi connectivity index (χ0) is 34.4. The number of ether oxygens (including phenoxy) is 2. The highest BCUT2D eigenvalue weighted by Gasteiger charge is 2.22. The second-order valence-electron chi connectivity index (χ2n) is 4.82. The van der Waals surface area contributed by atoms with Crippen LogP contribution in [0.5, 0.6) is 11.5 Å². The Morgan fingerprint density at radius 3 is 0.500 bits per heavy atom. The molecule has 32 heteroatoms. The van der Waals surface area contributed by atoms with Crippen molar-refractivity contribution in [1.29, 1.82) is 0 Å². The average Bonchev–Trinajstić information content (AvgIpc) is 2.52. The van der Waals surface area contributed by atoms with Gasteiger partial charge in [0.1, 0.15) is 0 Å². The quantitative estimate of drug-likeness (QED) is 0.233. The van der Waals surface area contributed by atoms with Crippen molar-refractivity contribution >= 4 is 43.5 Å². The van der Waals surface area contributed by atoms with E-state index in [2.05, 4.69) is 0 Å². The molecule has 0 aromatic heterocycles. The van der Waals surface area contributed by atoms with Crippen LogP contribution in [-0.4, -0.2) is 57.7 Å². The van der Waals surface area contributed by atoms with Crippen LogP contribution in [0, 0.1) is 0 Å². The number of hydrogen-bond donors (Lipinski definition) is 0. The molecule has 246 valence electrons. The van der Waals surface area contributed by atoms with E-state index < -0.39 is 43.5 Å². The van der Waals surface area contributed by atoms with Crippen LogP contribution in [0.2, 0.25) is 0 Å². The molecule has 1 rings (SSSR count). The van der Waals surface area contributed by atoms with Crippen molar-refractivity contribution in [2.75, 3.05) is 14.2 Å². The van der Waals surface area contributed by atoms with Crippen LogP contribution in [0.25, 0.3) is 0 Å². The monoisotopic (exact) mass is 660 g/mol. The zero-order valence-electron chi connectivity index (χ0n) is 18.7. The molecule has 0 amide bonds. The fraction of sp³-hybridized carbons (Fsp3) is 0.250. The number of halogens is 24. The Morgan fingerprint density at radius 2 is 0.425 bits per heavy atom. The molecular formula is C8H10B6F24O2-6. The van der Waals surface area contributed by atoms with Crippen LogP contribution in [0.15, 0.2) is 24.3 Å². The van der Waals surface area contributed by atoms with Gasteiger partial charge in [-0.2, -0.15) is 0 Å². The van der Waals surface area contributed by atoms with E-state index in [1.165, 1.54) is 0 Å². The van der Waals surface area contributed by atoms with Gasteiger partial charge in [0.05, 0.1) is 14.2 Å². The molecule has 40 heavy (non-hydrogen) atoms. The number of hydrogen-bond acceptors (Lipinski definition) is 2. The summed E-state index contributed by atoms with van der Waals surface area (Å²) in [5.41, 5.74) is 0. The van der Waals surface area contributed by atoms with E-state index in [4.69, 9.17) is 9.47 Å². The summed E-state index contributed by atoms with van der Waals surface area (Å²) in [6, 6.07) is 7.53. The third kappa shape index (κ3) is 270. The summed E-state index contributed by atoms with van der Waals surface area (Å²) < 4.78 is 244. The minimum atomic E-state index is -6.00. The number of benzene rings is 1. The molecule has 0 saturated heterocycles. The van der Waals surface area contributed by atoms with E-state index >= 15 is 0 Å². The van der Waals surface area contributed by atoms with Gasteiger partial charge in [-0.1, -0.05) is 12.1 Å². The number of para-hydroxylation sites is 2. The van der Waals surface area contributed by atoms with Crippen LogP contribution in [-0.2, 0) is 0 Å². The summed E-state index contributed by atoms with van der Waals surface area (Å²) in [5.74, 6) is 1.54. The van der Waals surface area contributed by atoms with Gasteiger partial charge in [-0.05, 0) is 12.1 Å². The predicted molar refractivity (Wildman–Crippen MR) is 101 cm³/mol. The van der Waals surface area contributed by atoms with Crippen molar-refractivity contribution in [1.82, 2.24) is 0 Å². The molecule has 0 fully saturated rings. The van der Waals surface area contributed by atoms with Gasteiger partial charge in [0.2, 0.25) is 0 Å². The van der Waals surface area contributed by atoms with Crippen molar-refractivity contribution in [3.63, 3.8) is 0 Å². The predicted octanol–water partition coefficient (Wildman–Crippen LogP) is 9.50. The van der Waals surface area contributed by atoms with Gasteiger partial charge >= 0.3 is 43.5 Å². The van der Waals surface area contributed by atoms with E-state index in [1.54, 1.807) is 14.2 Å². The van der Waals surface area contributed by atoms with E-state index in [-0.39, 0.29) is 0 Å². The fourth-order valence-corrected chi connectivity index (χ4v) is 0.787. The number of rotatable bonds is 2. The van der Waals surface area contributed by atoms with E-state index in [0.29, 0.717) is 0 Å². The summed E-state index contributed by atoms with van der Waals surface area (Å²) in [6.45, 7) is 0. The first kappa shape index (κ1) is 50.4. The second-order valence-corrected chi connectivity index (χ2v) is 4.82. The lowest BCUT2D eigenvalue weighted by Gasteiger charge is -2.04. The maximum atomic E-state index is 9.75. The Labute approximate surface area is 208 Å². The topological polar surface area (TPSA) is 18.5 Å². The Morgan fingerprint density at radius 1 is 0.325 bits per heavy atom. The first-order valence-corrected chi connectivity index (χ1v) is 8.29. The molecule has 2 nitrogen and oxygen atoms in total. The first-order chi connectivity index (χ1) is 16.9. The van der Waals surface area contributed by atoms with Gasteiger partial charge in [0.25, 0.3) is 0 Å². The Bertz CT molecular complexity index is 541. The maximum Gasteiger partial charge on any atom is 0.673 e. The minimum absolute atomic E-state index is 0.769. The molecule has 0 aliphatic carbocycles. The van der Waals surface area contributed by atoms with E-state index in [1.807, 2.05) is 24.3 Å². The van der Waals surface area contributed by atoms with Gasteiger partial charge in [0, 0.05) is 0 Å². The summed E-state index contributed by atoms with van der Waals surface area (Å²) in [4.78, 5) is 0. The Hall–Kier alpha value is -2.47. The molecule has 0 unspecified atom stereocenters. The Kier molecular flexibility index (Phi) is 28.0. The van der Waals surface area contributed by atoms with Crippen LogP contribution < -0.4 is 9.47 Å². The average molecular weight is 659 g/mol. The maximum absolute atomic E-state index is 9.75. The Balaban J connectivity index is -0.0000000866. The lowest BCUT2D eigenvalue weighted by Crippen LogP contribution is -2.02. The normalized spacial score (nSPS) is 11.2. The van der Waals surface area contributed by atoms with Crippen molar-refractivity contribution in [3.8, 4) is 11.5 Å². The van der Waals surface area contributed by atoms with Crippen molar-refractivity contribution < 1.29 is 113 Å². The molecule has 0 atom stereocenters. The minimum Gasteiger partial charge on any atom is -0.493 e. The standard InChI is InChI=1S/C8H10O2.6BF4/c1-9-7-5-3-4-6-8(7)10-2;6*2-1(3,4)5/h3-6H,1-2H3;;;;;;/q;6*-1. The molecule has 0 N–H and O–H groups in total. The first-order valence-electron chi connectivity index (χ1n) is 8.29. The number of methoxy groups -OCH3 is 2. The molecule has 0 radical (unpaired) electrons. The smallest absolute Gasteiger partial charge is 0.493 e. The summed E-state index contributed by atoms with van der Waals surface area (Å²) in [7, 11) is -32.8. The molecule has 0 heterocycles. The molecule has 1 aromatic rings. The molecule has 0 spiro atoms. The summed E-state index contributed by atoms with van der Waals surface area (Å²) in [6.07, 6.45) is 0. The molecule has 0 aliphatic heterocycles. The highest BCUT2D eigenvalue weighted by atomic mass is 19.5. The van der Waals surface area contributed by atoms with Crippen LogP contribution in [0.4, 0.5) is 104 Å². The van der Waals surface area contributed by atoms with Crippen LogP contribution in [0.1, 0.15) is 0 Å². The summed E-state index contributed by atoms with van der Waals surface area (Å²) >= 11 is 0. The lowest BCUT2D eigenvalue weighted by atomic mass is 10.3. The molecule has 0 saturated carbocycles. The zero-order valence-corrected chi connectivity index (χ0v) is 18.7. The van der Waals surface area contributed by atoms with Crippen molar-refractivity contribution in [2.24, 2.45) is 0 Å². The van der Waals surface area contributed by atoms with E-state index in [0.717, 1.165) is 11.5 Å². The van der Waals surface area contributed by atoms with Crippen molar-refractivity contribution in [2.45, 2.75) is 0 Å². The largest absolute Gasteiger partial charge is 0.673 e. The third-order valence-electron chi connectivity index (χ3n) is 1.29. The van der Waals surface area contributed by atoms with Gasteiger partial charge in [-0.25, -0.2) is 0 Å². The van der Waals surface area contributed by atoms with Gasteiger partial charge in [0.15, 0.2) is 11.5 Å².